The minimum absolute atomic E-state index is 0.140. The average molecular weight is 273 g/mol. The van der Waals surface area contributed by atoms with E-state index in [1.165, 1.54) is 20.1 Å². The summed E-state index contributed by atoms with van der Waals surface area (Å²) in [6.07, 6.45) is 2.48. The Morgan fingerprint density at radius 3 is 2.80 bits per heavy atom. The number of benzene rings is 1. The first-order chi connectivity index (χ1) is 9.52. The molecule has 104 valence electrons. The molecule has 0 aliphatic rings. The number of carbonyl (C=O) groups is 2. The molecule has 0 bridgehead atoms. The van der Waals surface area contributed by atoms with Crippen molar-refractivity contribution in [3.05, 3.63) is 35.4 Å². The number of amides is 1. The molecule has 5 heteroatoms. The second-order valence-corrected chi connectivity index (χ2v) is 3.84. The number of methoxy groups -OCH3 is 1. The average Bonchev–Trinajstić information content (AvgIpc) is 2.41. The minimum atomic E-state index is -1.03. The van der Waals surface area contributed by atoms with Crippen molar-refractivity contribution in [2.24, 2.45) is 0 Å². The van der Waals surface area contributed by atoms with Crippen LogP contribution in [-0.4, -0.2) is 30.6 Å². The van der Waals surface area contributed by atoms with Crippen LogP contribution >= 0.6 is 0 Å². The van der Waals surface area contributed by atoms with E-state index >= 15 is 0 Å². The topological polar surface area (TPSA) is 75.6 Å². The molecule has 1 aromatic rings. The Morgan fingerprint density at radius 1 is 1.45 bits per heavy atom. The van der Waals surface area contributed by atoms with Gasteiger partial charge in [0, 0.05) is 24.1 Å². The van der Waals surface area contributed by atoms with Crippen LogP contribution in [0.5, 0.6) is 5.75 Å². The molecular formula is C15H15NO4. The number of hydrogen-bond acceptors (Lipinski definition) is 3. The quantitative estimate of drug-likeness (QED) is 0.640. The highest BCUT2D eigenvalue weighted by Crippen LogP contribution is 2.20. The van der Waals surface area contributed by atoms with Gasteiger partial charge in [0.1, 0.15) is 5.75 Å². The highest BCUT2D eigenvalue weighted by atomic mass is 16.5. The Balaban J connectivity index is 2.91. The summed E-state index contributed by atoms with van der Waals surface area (Å²) < 4.78 is 5.14. The van der Waals surface area contributed by atoms with Crippen molar-refractivity contribution in [1.82, 2.24) is 5.32 Å². The van der Waals surface area contributed by atoms with E-state index in [0.29, 0.717) is 16.9 Å². The first-order valence-corrected chi connectivity index (χ1v) is 5.85. The molecule has 1 amide bonds. The summed E-state index contributed by atoms with van der Waals surface area (Å²) in [6.45, 7) is 1.69. The molecule has 0 radical (unpaired) electrons. The third kappa shape index (κ3) is 5.27. The lowest BCUT2D eigenvalue weighted by molar-refractivity contribution is -0.131. The van der Waals surface area contributed by atoms with Gasteiger partial charge in [0.2, 0.25) is 5.91 Å². The van der Waals surface area contributed by atoms with Crippen molar-refractivity contribution in [1.29, 1.82) is 0 Å². The van der Waals surface area contributed by atoms with Crippen LogP contribution in [0.4, 0.5) is 0 Å². The molecule has 0 saturated heterocycles. The number of carboxylic acid groups (broad SMARTS) is 1. The zero-order valence-electron chi connectivity index (χ0n) is 11.3. The molecule has 0 atom stereocenters. The van der Waals surface area contributed by atoms with Crippen LogP contribution in [-0.2, 0) is 9.59 Å². The summed E-state index contributed by atoms with van der Waals surface area (Å²) in [4.78, 5) is 21.2. The molecule has 1 aromatic carbocycles. The normalized spacial score (nSPS) is 9.70. The molecule has 0 heterocycles. The van der Waals surface area contributed by atoms with E-state index in [-0.39, 0.29) is 12.5 Å². The van der Waals surface area contributed by atoms with Crippen molar-refractivity contribution >= 4 is 18.0 Å². The maximum Gasteiger partial charge on any atom is 0.328 e. The van der Waals surface area contributed by atoms with Gasteiger partial charge in [-0.05, 0) is 24.3 Å². The standard InChI is InChI=1S/C15H15NO4/c1-11(17)16-9-3-4-12-5-7-14(20-2)13(10-12)6-8-15(18)19/h5-8,10H,9H2,1-2H3,(H,16,17)(H,18,19)/b8-6+. The van der Waals surface area contributed by atoms with Crippen molar-refractivity contribution in [2.75, 3.05) is 13.7 Å². The van der Waals surface area contributed by atoms with Crippen LogP contribution < -0.4 is 10.1 Å². The second-order valence-electron chi connectivity index (χ2n) is 3.84. The molecular weight excluding hydrogens is 258 g/mol. The fraction of sp³-hybridized carbons (Fsp3) is 0.200. The first-order valence-electron chi connectivity index (χ1n) is 5.85. The number of carbonyl (C=O) groups excluding carboxylic acids is 1. The number of ether oxygens (including phenoxy) is 1. The summed E-state index contributed by atoms with van der Waals surface area (Å²) in [6, 6.07) is 5.20. The lowest BCUT2D eigenvalue weighted by atomic mass is 10.1. The van der Waals surface area contributed by atoms with Crippen molar-refractivity contribution < 1.29 is 19.4 Å². The summed E-state index contributed by atoms with van der Waals surface area (Å²) in [5.41, 5.74) is 1.34. The van der Waals surface area contributed by atoms with Gasteiger partial charge < -0.3 is 15.2 Å². The smallest absolute Gasteiger partial charge is 0.328 e. The van der Waals surface area contributed by atoms with Crippen LogP contribution in [0.3, 0.4) is 0 Å². The lowest BCUT2D eigenvalue weighted by Crippen LogP contribution is -2.19. The van der Waals surface area contributed by atoms with E-state index in [4.69, 9.17) is 9.84 Å². The molecule has 0 aliphatic carbocycles. The van der Waals surface area contributed by atoms with E-state index < -0.39 is 5.97 Å². The molecule has 20 heavy (non-hydrogen) atoms. The van der Waals surface area contributed by atoms with E-state index in [9.17, 15) is 9.59 Å². The van der Waals surface area contributed by atoms with Gasteiger partial charge in [-0.25, -0.2) is 4.79 Å². The number of rotatable bonds is 4. The summed E-state index contributed by atoms with van der Waals surface area (Å²) in [7, 11) is 1.51. The van der Waals surface area contributed by atoms with Gasteiger partial charge in [0.15, 0.2) is 0 Å². The number of aliphatic carboxylic acids is 1. The van der Waals surface area contributed by atoms with Gasteiger partial charge in [-0.2, -0.15) is 0 Å². The summed E-state index contributed by atoms with van der Waals surface area (Å²) in [5, 5.41) is 11.2. The largest absolute Gasteiger partial charge is 0.496 e. The highest BCUT2D eigenvalue weighted by Gasteiger charge is 2.01. The number of nitrogens with one attached hydrogen (secondary N) is 1. The maximum atomic E-state index is 10.7. The minimum Gasteiger partial charge on any atom is -0.496 e. The molecule has 0 spiro atoms. The molecule has 0 saturated carbocycles. The second kappa shape index (κ2) is 7.64. The van der Waals surface area contributed by atoms with Crippen molar-refractivity contribution in [3.63, 3.8) is 0 Å². The lowest BCUT2D eigenvalue weighted by Gasteiger charge is -2.04. The third-order valence-corrected chi connectivity index (χ3v) is 2.29. The Bertz CT molecular complexity index is 594. The van der Waals surface area contributed by atoms with Crippen molar-refractivity contribution in [2.45, 2.75) is 6.92 Å². The summed E-state index contributed by atoms with van der Waals surface area (Å²) in [5.74, 6) is 5.07. The monoisotopic (exact) mass is 273 g/mol. The third-order valence-electron chi connectivity index (χ3n) is 2.29. The zero-order valence-corrected chi connectivity index (χ0v) is 11.3. The molecule has 0 aliphatic heterocycles. The fourth-order valence-electron chi connectivity index (χ4n) is 1.42. The summed E-state index contributed by atoms with van der Waals surface area (Å²) >= 11 is 0. The van der Waals surface area contributed by atoms with Crippen LogP contribution in [0.2, 0.25) is 0 Å². The SMILES string of the molecule is COc1ccc(C#CCNC(C)=O)cc1/C=C/C(=O)O. The van der Waals surface area contributed by atoms with E-state index in [1.54, 1.807) is 18.2 Å². The highest BCUT2D eigenvalue weighted by molar-refractivity contribution is 5.86. The maximum absolute atomic E-state index is 10.7. The van der Waals surface area contributed by atoms with Gasteiger partial charge in [-0.3, -0.25) is 4.79 Å². The molecule has 0 unspecified atom stereocenters. The van der Waals surface area contributed by atoms with Crippen molar-refractivity contribution in [3.8, 4) is 17.6 Å². The number of carboxylic acids is 1. The van der Waals surface area contributed by atoms with Gasteiger partial charge in [0.05, 0.1) is 13.7 Å². The van der Waals surface area contributed by atoms with Gasteiger partial charge in [-0.15, -0.1) is 0 Å². The Hall–Kier alpha value is -2.74. The van der Waals surface area contributed by atoms with Crippen LogP contribution in [0.1, 0.15) is 18.1 Å². The van der Waals surface area contributed by atoms with Crippen LogP contribution in [0.25, 0.3) is 6.08 Å². The molecule has 0 aromatic heterocycles. The van der Waals surface area contributed by atoms with Crippen LogP contribution in [0.15, 0.2) is 24.3 Å². The molecule has 1 rings (SSSR count). The molecule has 5 nitrogen and oxygen atoms in total. The predicted molar refractivity (Wildman–Crippen MR) is 75.2 cm³/mol. The van der Waals surface area contributed by atoms with E-state index in [1.807, 2.05) is 0 Å². The van der Waals surface area contributed by atoms with Gasteiger partial charge >= 0.3 is 5.97 Å². The van der Waals surface area contributed by atoms with Crippen LogP contribution in [0, 0.1) is 11.8 Å². The number of hydrogen-bond donors (Lipinski definition) is 2. The van der Waals surface area contributed by atoms with E-state index in [2.05, 4.69) is 17.2 Å². The molecule has 2 N–H and O–H groups in total. The Labute approximate surface area is 117 Å². The predicted octanol–water partition coefficient (Wildman–Crippen LogP) is 1.28. The first kappa shape index (κ1) is 15.3. The molecule has 0 fully saturated rings. The Kier molecular flexibility index (Phi) is 5.85. The van der Waals surface area contributed by atoms with Gasteiger partial charge in [0.25, 0.3) is 0 Å². The zero-order chi connectivity index (χ0) is 15.0. The fourth-order valence-corrected chi connectivity index (χ4v) is 1.42. The van der Waals surface area contributed by atoms with E-state index in [0.717, 1.165) is 6.08 Å². The Morgan fingerprint density at radius 2 is 2.20 bits per heavy atom. The van der Waals surface area contributed by atoms with Gasteiger partial charge in [-0.1, -0.05) is 11.8 Å².